The molecule has 0 radical (unpaired) electrons. The minimum Gasteiger partial charge on any atom is -0.476 e. The standard InChI is InChI=1S/C32H29ClN6O3/c1-16-13-22(17(2)34-24-11-12-27(33)37-29(24)32(41)42)28-23(14-16)31(40)39(4)30(38-28)21-9-7-20(8-10-21)26-15-25(19-5-6-19)35-18(3)36-26/h7-15,17,19,34H,5-6H2,1-4H3,(H,41,42)/t17-/m1/s1. The Kier molecular flexibility index (Phi) is 6.98. The van der Waals surface area contributed by atoms with Gasteiger partial charge in [0, 0.05) is 35.3 Å². The molecular formula is C32H29ClN6O3. The number of rotatable bonds is 7. The number of hydrogen-bond donors (Lipinski definition) is 2. The number of aromatic carboxylic acids is 1. The molecule has 0 spiro atoms. The number of fused-ring (bicyclic) bond motifs is 1. The molecule has 3 aromatic heterocycles. The van der Waals surface area contributed by atoms with Crippen LogP contribution in [-0.2, 0) is 7.05 Å². The molecule has 2 N–H and O–H groups in total. The summed E-state index contributed by atoms with van der Waals surface area (Å²) in [6.45, 7) is 5.72. The molecule has 0 amide bonds. The van der Waals surface area contributed by atoms with E-state index < -0.39 is 12.0 Å². The minimum absolute atomic E-state index is 0.0885. The predicted molar refractivity (Wildman–Crippen MR) is 163 cm³/mol. The van der Waals surface area contributed by atoms with E-state index in [1.54, 1.807) is 17.7 Å². The maximum absolute atomic E-state index is 13.6. The lowest BCUT2D eigenvalue weighted by molar-refractivity contribution is 0.0691. The number of benzene rings is 2. The highest BCUT2D eigenvalue weighted by atomic mass is 35.5. The van der Waals surface area contributed by atoms with E-state index in [0.717, 1.165) is 39.5 Å². The van der Waals surface area contributed by atoms with Crippen molar-refractivity contribution < 1.29 is 9.90 Å². The van der Waals surface area contributed by atoms with Crippen LogP contribution in [0.5, 0.6) is 0 Å². The largest absolute Gasteiger partial charge is 0.476 e. The van der Waals surface area contributed by atoms with E-state index in [4.69, 9.17) is 16.6 Å². The number of aromatic nitrogens is 5. The number of nitrogens with one attached hydrogen (secondary N) is 1. The summed E-state index contributed by atoms with van der Waals surface area (Å²) >= 11 is 5.94. The first-order valence-electron chi connectivity index (χ1n) is 13.7. The van der Waals surface area contributed by atoms with Gasteiger partial charge >= 0.3 is 5.97 Å². The Hall–Kier alpha value is -4.63. The molecule has 1 atom stereocenters. The van der Waals surface area contributed by atoms with Crippen molar-refractivity contribution in [3.8, 4) is 22.6 Å². The van der Waals surface area contributed by atoms with Crippen LogP contribution in [0.25, 0.3) is 33.5 Å². The fraction of sp³-hybridized carbons (Fsp3) is 0.250. The first kappa shape index (κ1) is 27.5. The van der Waals surface area contributed by atoms with Crippen LogP contribution in [0.3, 0.4) is 0 Å². The first-order chi connectivity index (χ1) is 20.1. The number of nitrogens with zero attached hydrogens (tertiary/aromatic N) is 5. The third-order valence-electron chi connectivity index (χ3n) is 7.55. The molecule has 2 aromatic carbocycles. The number of anilines is 1. The zero-order valence-electron chi connectivity index (χ0n) is 23.6. The van der Waals surface area contributed by atoms with Crippen molar-refractivity contribution in [1.82, 2.24) is 24.5 Å². The summed E-state index contributed by atoms with van der Waals surface area (Å²) in [5.41, 5.74) is 5.89. The quantitative estimate of drug-likeness (QED) is 0.210. The summed E-state index contributed by atoms with van der Waals surface area (Å²) in [4.78, 5) is 43.6. The molecule has 1 saturated carbocycles. The van der Waals surface area contributed by atoms with Gasteiger partial charge < -0.3 is 10.4 Å². The second-order valence-electron chi connectivity index (χ2n) is 10.8. The number of aryl methyl sites for hydroxylation is 2. The van der Waals surface area contributed by atoms with Crippen LogP contribution in [-0.4, -0.2) is 35.6 Å². The Morgan fingerprint density at radius 1 is 1.00 bits per heavy atom. The smallest absolute Gasteiger partial charge is 0.356 e. The molecule has 1 aliphatic rings. The van der Waals surface area contributed by atoms with Crippen LogP contribution >= 0.6 is 11.6 Å². The molecule has 6 rings (SSSR count). The van der Waals surface area contributed by atoms with Crippen molar-refractivity contribution in [2.45, 2.75) is 45.6 Å². The molecule has 9 nitrogen and oxygen atoms in total. The van der Waals surface area contributed by atoms with E-state index in [2.05, 4.69) is 26.3 Å². The highest BCUT2D eigenvalue weighted by Crippen LogP contribution is 2.40. The number of halogens is 1. The van der Waals surface area contributed by atoms with Crippen molar-refractivity contribution in [3.05, 3.63) is 98.4 Å². The second-order valence-corrected chi connectivity index (χ2v) is 11.2. The van der Waals surface area contributed by atoms with E-state index in [1.807, 2.05) is 57.2 Å². The summed E-state index contributed by atoms with van der Waals surface area (Å²) in [5, 5.41) is 13.4. The fourth-order valence-corrected chi connectivity index (χ4v) is 5.43. The summed E-state index contributed by atoms with van der Waals surface area (Å²) in [5.74, 6) is 0.614. The van der Waals surface area contributed by atoms with E-state index in [-0.39, 0.29) is 16.4 Å². The van der Waals surface area contributed by atoms with Gasteiger partial charge in [0.2, 0.25) is 0 Å². The van der Waals surface area contributed by atoms with Crippen molar-refractivity contribution >= 4 is 34.2 Å². The average Bonchev–Trinajstić information content (AvgIpc) is 3.81. The monoisotopic (exact) mass is 580 g/mol. The van der Waals surface area contributed by atoms with Gasteiger partial charge in [0.25, 0.3) is 5.56 Å². The van der Waals surface area contributed by atoms with Crippen LogP contribution in [0.1, 0.15) is 64.9 Å². The Bertz CT molecular complexity index is 1930. The van der Waals surface area contributed by atoms with Crippen molar-refractivity contribution in [2.24, 2.45) is 7.05 Å². The summed E-state index contributed by atoms with van der Waals surface area (Å²) in [6.07, 6.45) is 2.34. The first-order valence-corrected chi connectivity index (χ1v) is 14.1. The van der Waals surface area contributed by atoms with E-state index in [0.29, 0.717) is 28.3 Å². The summed E-state index contributed by atoms with van der Waals surface area (Å²) in [7, 11) is 1.72. The number of carboxylic acid groups (broad SMARTS) is 1. The van der Waals surface area contributed by atoms with Crippen molar-refractivity contribution in [1.29, 1.82) is 0 Å². The third-order valence-corrected chi connectivity index (χ3v) is 7.76. The van der Waals surface area contributed by atoms with Gasteiger partial charge in [-0.15, -0.1) is 0 Å². The molecule has 1 fully saturated rings. The second kappa shape index (κ2) is 10.6. The summed E-state index contributed by atoms with van der Waals surface area (Å²) in [6, 6.07) is 16.5. The molecular weight excluding hydrogens is 552 g/mol. The zero-order valence-corrected chi connectivity index (χ0v) is 24.4. The molecule has 0 saturated heterocycles. The molecule has 0 unspecified atom stereocenters. The van der Waals surface area contributed by atoms with Gasteiger partial charge in [-0.2, -0.15) is 0 Å². The third kappa shape index (κ3) is 5.23. The number of pyridine rings is 1. The number of carboxylic acids is 1. The predicted octanol–water partition coefficient (Wildman–Crippen LogP) is 6.47. The van der Waals surface area contributed by atoms with Gasteiger partial charge in [-0.05, 0) is 63.4 Å². The molecule has 0 aliphatic heterocycles. The molecule has 0 bridgehead atoms. The van der Waals surface area contributed by atoms with Gasteiger partial charge in [-0.25, -0.2) is 24.7 Å². The van der Waals surface area contributed by atoms with Crippen LogP contribution in [0.15, 0.2) is 59.4 Å². The van der Waals surface area contributed by atoms with Gasteiger partial charge in [0.1, 0.15) is 16.8 Å². The van der Waals surface area contributed by atoms with Crippen molar-refractivity contribution in [3.63, 3.8) is 0 Å². The number of carbonyl (C=O) groups is 1. The maximum atomic E-state index is 13.6. The topological polar surface area (TPSA) is 123 Å². The van der Waals surface area contributed by atoms with Gasteiger partial charge in [0.05, 0.1) is 28.3 Å². The molecule has 10 heteroatoms. The van der Waals surface area contributed by atoms with Gasteiger partial charge in [-0.1, -0.05) is 41.9 Å². The Morgan fingerprint density at radius 3 is 2.40 bits per heavy atom. The highest BCUT2D eigenvalue weighted by molar-refractivity contribution is 6.29. The average molecular weight is 581 g/mol. The SMILES string of the molecule is Cc1cc([C@@H](C)Nc2ccc(Cl)nc2C(=O)O)c2nc(-c3ccc(-c4cc(C5CC5)nc(C)n4)cc3)n(C)c(=O)c2c1. The lowest BCUT2D eigenvalue weighted by Crippen LogP contribution is -2.22. The van der Waals surface area contributed by atoms with E-state index >= 15 is 0 Å². The van der Waals surface area contributed by atoms with Gasteiger partial charge in [-0.3, -0.25) is 9.36 Å². The van der Waals surface area contributed by atoms with E-state index in [1.165, 1.54) is 18.9 Å². The minimum atomic E-state index is -1.19. The van der Waals surface area contributed by atoms with E-state index in [9.17, 15) is 14.7 Å². The van der Waals surface area contributed by atoms with Crippen LogP contribution in [0.4, 0.5) is 5.69 Å². The normalized spacial score (nSPS) is 13.7. The Morgan fingerprint density at radius 2 is 1.71 bits per heavy atom. The maximum Gasteiger partial charge on any atom is 0.356 e. The molecule has 42 heavy (non-hydrogen) atoms. The van der Waals surface area contributed by atoms with Crippen LogP contribution in [0.2, 0.25) is 5.15 Å². The van der Waals surface area contributed by atoms with Gasteiger partial charge in [0.15, 0.2) is 5.69 Å². The van der Waals surface area contributed by atoms with Crippen LogP contribution < -0.4 is 10.9 Å². The Balaban J connectivity index is 1.41. The lowest BCUT2D eigenvalue weighted by Gasteiger charge is -2.20. The van der Waals surface area contributed by atoms with Crippen molar-refractivity contribution in [2.75, 3.05) is 5.32 Å². The van der Waals surface area contributed by atoms with Crippen LogP contribution in [0, 0.1) is 13.8 Å². The lowest BCUT2D eigenvalue weighted by atomic mass is 10.0. The molecule has 212 valence electrons. The fourth-order valence-electron chi connectivity index (χ4n) is 5.28. The summed E-state index contributed by atoms with van der Waals surface area (Å²) < 4.78 is 1.56. The molecule has 5 aromatic rings. The zero-order chi connectivity index (χ0) is 29.7. The Labute approximate surface area is 247 Å². The molecule has 3 heterocycles. The number of hydrogen-bond acceptors (Lipinski definition) is 7. The highest BCUT2D eigenvalue weighted by Gasteiger charge is 2.26. The molecule has 1 aliphatic carbocycles.